The molecule has 1 aromatic carbocycles. The number of nitrogens with zero attached hydrogens (tertiary/aromatic N) is 3. The summed E-state index contributed by atoms with van der Waals surface area (Å²) in [6.45, 7) is 3.21. The molecule has 0 unspecified atom stereocenters. The van der Waals surface area contributed by atoms with E-state index in [4.69, 9.17) is 5.26 Å². The Kier molecular flexibility index (Phi) is 4.51. The van der Waals surface area contributed by atoms with Gasteiger partial charge in [0.15, 0.2) is 0 Å². The molecule has 17 heavy (non-hydrogen) atoms. The molecule has 0 aliphatic carbocycles. The van der Waals surface area contributed by atoms with Gasteiger partial charge in [-0.05, 0) is 43.6 Å². The quantitative estimate of drug-likeness (QED) is 0.628. The van der Waals surface area contributed by atoms with Gasteiger partial charge >= 0.3 is 0 Å². The fraction of sp³-hybridized carbons (Fsp3) is 0.385. The third-order valence-corrected chi connectivity index (χ3v) is 3.58. The average Bonchev–Trinajstić information content (AvgIpc) is 2.89. The first kappa shape index (κ1) is 12.5. The van der Waals surface area contributed by atoms with Crippen molar-refractivity contribution in [2.75, 3.05) is 19.6 Å². The highest BCUT2D eigenvalue weighted by Gasteiger charge is 2.15. The van der Waals surface area contributed by atoms with Crippen molar-refractivity contribution >= 4 is 28.6 Å². The molecule has 1 fully saturated rings. The number of nitriles is 1. The summed E-state index contributed by atoms with van der Waals surface area (Å²) in [4.78, 5) is 2.41. The number of halogens is 1. The van der Waals surface area contributed by atoms with Gasteiger partial charge in [-0.2, -0.15) is 5.26 Å². The van der Waals surface area contributed by atoms with Crippen molar-refractivity contribution in [2.24, 2.45) is 3.21 Å². The molecular formula is C13H14IN3. The van der Waals surface area contributed by atoms with E-state index >= 15 is 0 Å². The van der Waals surface area contributed by atoms with E-state index in [1.54, 1.807) is 0 Å². The summed E-state index contributed by atoms with van der Waals surface area (Å²) in [6.07, 6.45) is 2.57. The van der Waals surface area contributed by atoms with Crippen molar-refractivity contribution in [3.63, 3.8) is 0 Å². The number of hydrogen-bond acceptors (Lipinski definition) is 3. The van der Waals surface area contributed by atoms with Gasteiger partial charge in [-0.1, -0.05) is 12.1 Å². The largest absolute Gasteiger partial charge is 0.297 e. The lowest BCUT2D eigenvalue weighted by Crippen LogP contribution is -2.27. The summed E-state index contributed by atoms with van der Waals surface area (Å²) in [6, 6.07) is 9.84. The fourth-order valence-electron chi connectivity index (χ4n) is 2.09. The summed E-state index contributed by atoms with van der Waals surface area (Å²) in [7, 11) is 0. The molecule has 0 amide bonds. The van der Waals surface area contributed by atoms with Crippen molar-refractivity contribution < 1.29 is 0 Å². The van der Waals surface area contributed by atoms with Crippen LogP contribution in [0.25, 0.3) is 0 Å². The third kappa shape index (κ3) is 3.27. The van der Waals surface area contributed by atoms with Crippen LogP contribution in [0, 0.1) is 11.3 Å². The van der Waals surface area contributed by atoms with Crippen molar-refractivity contribution in [3.8, 4) is 6.07 Å². The molecule has 2 rings (SSSR count). The molecule has 0 spiro atoms. The van der Waals surface area contributed by atoms with Gasteiger partial charge in [0, 0.05) is 6.54 Å². The van der Waals surface area contributed by atoms with Gasteiger partial charge in [0.1, 0.15) is 0 Å². The number of rotatable bonds is 3. The monoisotopic (exact) mass is 339 g/mol. The first-order valence-electron chi connectivity index (χ1n) is 5.74. The zero-order chi connectivity index (χ0) is 12.1. The van der Waals surface area contributed by atoms with E-state index in [1.807, 2.05) is 47.1 Å². The van der Waals surface area contributed by atoms with Crippen LogP contribution in [0.3, 0.4) is 0 Å². The van der Waals surface area contributed by atoms with Crippen molar-refractivity contribution in [1.29, 1.82) is 5.26 Å². The Bertz CT molecular complexity index is 456. The molecule has 0 atom stereocenters. The molecule has 0 radical (unpaired) electrons. The highest BCUT2D eigenvalue weighted by molar-refractivity contribution is 14.1. The maximum absolute atomic E-state index is 8.90. The van der Waals surface area contributed by atoms with Crippen molar-refractivity contribution in [3.05, 3.63) is 35.4 Å². The summed E-state index contributed by atoms with van der Waals surface area (Å²) >= 11 is 2.04. The van der Waals surface area contributed by atoms with Crippen LogP contribution in [0.4, 0.5) is 0 Å². The van der Waals surface area contributed by atoms with Crippen LogP contribution in [0.5, 0.6) is 0 Å². The Balaban J connectivity index is 2.14. The first-order chi connectivity index (χ1) is 8.33. The Morgan fingerprint density at radius 1 is 1.41 bits per heavy atom. The van der Waals surface area contributed by atoms with E-state index in [-0.39, 0.29) is 0 Å². The molecule has 0 bridgehead atoms. The Labute approximate surface area is 116 Å². The second-order valence-corrected chi connectivity index (χ2v) is 4.69. The van der Waals surface area contributed by atoms with E-state index in [0.29, 0.717) is 5.56 Å². The van der Waals surface area contributed by atoms with Gasteiger partial charge in [0.25, 0.3) is 0 Å². The smallest absolute Gasteiger partial charge is 0.0991 e. The predicted molar refractivity (Wildman–Crippen MR) is 77.4 cm³/mol. The molecule has 1 aromatic rings. The molecule has 1 aliphatic rings. The zero-order valence-electron chi connectivity index (χ0n) is 9.56. The van der Waals surface area contributed by atoms with Gasteiger partial charge < -0.3 is 0 Å². The Morgan fingerprint density at radius 3 is 2.82 bits per heavy atom. The number of benzene rings is 1. The lowest BCUT2D eigenvalue weighted by molar-refractivity contribution is 0.389. The van der Waals surface area contributed by atoms with E-state index in [0.717, 1.165) is 30.9 Å². The normalized spacial score (nSPS) is 17.1. The highest BCUT2D eigenvalue weighted by atomic mass is 127. The van der Waals surface area contributed by atoms with E-state index in [1.165, 1.54) is 12.8 Å². The third-order valence-electron chi connectivity index (χ3n) is 3.00. The maximum atomic E-state index is 8.90. The standard InChI is InChI=1S/C13H14IN3/c14-16-13(10-17-6-1-2-7-17)12-5-3-4-11(8-12)9-15/h3-5,8H,1-2,6-7,10H2/b16-13+. The Morgan fingerprint density at radius 2 is 2.18 bits per heavy atom. The van der Waals surface area contributed by atoms with Crippen LogP contribution in [0.15, 0.2) is 27.5 Å². The van der Waals surface area contributed by atoms with Gasteiger partial charge in [0.05, 0.1) is 40.2 Å². The summed E-state index contributed by atoms with van der Waals surface area (Å²) < 4.78 is 4.33. The van der Waals surface area contributed by atoms with Crippen molar-refractivity contribution in [2.45, 2.75) is 12.8 Å². The minimum atomic E-state index is 0.696. The van der Waals surface area contributed by atoms with Gasteiger partial charge in [-0.3, -0.25) is 4.90 Å². The van der Waals surface area contributed by atoms with Crippen LogP contribution in [-0.4, -0.2) is 30.2 Å². The van der Waals surface area contributed by atoms with E-state index in [9.17, 15) is 0 Å². The number of likely N-dealkylation sites (tertiary alicyclic amines) is 1. The van der Waals surface area contributed by atoms with Crippen molar-refractivity contribution in [1.82, 2.24) is 4.90 Å². The molecule has 3 nitrogen and oxygen atoms in total. The van der Waals surface area contributed by atoms with Crippen LogP contribution < -0.4 is 0 Å². The van der Waals surface area contributed by atoms with Crippen LogP contribution in [0.1, 0.15) is 24.0 Å². The first-order valence-corrected chi connectivity index (χ1v) is 6.70. The Hall–Kier alpha value is -0.930. The average molecular weight is 339 g/mol. The van der Waals surface area contributed by atoms with Gasteiger partial charge in [-0.15, -0.1) is 0 Å². The molecule has 0 saturated carbocycles. The van der Waals surface area contributed by atoms with E-state index in [2.05, 4.69) is 14.2 Å². The second kappa shape index (κ2) is 6.12. The zero-order valence-corrected chi connectivity index (χ0v) is 11.7. The molecule has 4 heteroatoms. The topological polar surface area (TPSA) is 39.4 Å². The summed E-state index contributed by atoms with van der Waals surface area (Å²) in [5, 5.41) is 8.90. The molecule has 1 heterocycles. The molecule has 0 N–H and O–H groups in total. The lowest BCUT2D eigenvalue weighted by Gasteiger charge is -2.15. The van der Waals surface area contributed by atoms with Crippen LogP contribution >= 0.6 is 22.9 Å². The maximum Gasteiger partial charge on any atom is 0.0991 e. The molecule has 0 aromatic heterocycles. The van der Waals surface area contributed by atoms with Crippen LogP contribution in [0.2, 0.25) is 0 Å². The molecule has 1 saturated heterocycles. The molecular weight excluding hydrogens is 325 g/mol. The molecule has 1 aliphatic heterocycles. The fourth-order valence-corrected chi connectivity index (χ4v) is 2.52. The van der Waals surface area contributed by atoms with Gasteiger partial charge in [-0.25, -0.2) is 3.21 Å². The van der Waals surface area contributed by atoms with E-state index < -0.39 is 0 Å². The minimum Gasteiger partial charge on any atom is -0.297 e. The summed E-state index contributed by atoms with van der Waals surface area (Å²) in [5.74, 6) is 0. The highest BCUT2D eigenvalue weighted by Crippen LogP contribution is 2.12. The second-order valence-electron chi connectivity index (χ2n) is 4.21. The predicted octanol–water partition coefficient (Wildman–Crippen LogP) is 2.79. The minimum absolute atomic E-state index is 0.696. The summed E-state index contributed by atoms with van der Waals surface area (Å²) in [5.41, 5.74) is 2.82. The van der Waals surface area contributed by atoms with Gasteiger partial charge in [0.2, 0.25) is 0 Å². The van der Waals surface area contributed by atoms with Crippen LogP contribution in [-0.2, 0) is 0 Å². The lowest BCUT2D eigenvalue weighted by atomic mass is 10.1. The SMILES string of the molecule is N#Cc1cccc(/C(CN2CCCC2)=N/I)c1. The number of hydrogen-bond donors (Lipinski definition) is 0. The molecule has 88 valence electrons.